The lowest BCUT2D eigenvalue weighted by Crippen LogP contribution is -2.26. The molecule has 0 heterocycles. The zero-order valence-electron chi connectivity index (χ0n) is 8.79. The first-order valence-corrected chi connectivity index (χ1v) is 4.60. The molecule has 2 N–H and O–H groups in total. The van der Waals surface area contributed by atoms with Crippen LogP contribution >= 0.6 is 0 Å². The summed E-state index contributed by atoms with van der Waals surface area (Å²) in [5, 5.41) is 0. The van der Waals surface area contributed by atoms with Crippen LogP contribution in [0, 0.1) is 0 Å². The second kappa shape index (κ2) is 8.44. The van der Waals surface area contributed by atoms with E-state index in [-0.39, 0.29) is 12.1 Å². The van der Waals surface area contributed by atoms with Gasteiger partial charge in [0, 0.05) is 13.2 Å². The summed E-state index contributed by atoms with van der Waals surface area (Å²) in [6.45, 7) is 6.29. The van der Waals surface area contributed by atoms with Crippen molar-refractivity contribution in [2.24, 2.45) is 5.73 Å². The highest BCUT2D eigenvalue weighted by atomic mass is 16.5. The maximum absolute atomic E-state index is 5.51. The largest absolute Gasteiger partial charge is 0.382 e. The van der Waals surface area contributed by atoms with E-state index in [9.17, 15) is 0 Å². The van der Waals surface area contributed by atoms with Gasteiger partial charge in [-0.05, 0) is 13.8 Å². The maximum atomic E-state index is 5.51. The lowest BCUT2D eigenvalue weighted by molar-refractivity contribution is -0.0252. The fourth-order valence-corrected chi connectivity index (χ4v) is 0.801. The van der Waals surface area contributed by atoms with E-state index in [1.54, 1.807) is 7.11 Å². The molecule has 2 unspecified atom stereocenters. The Hall–Kier alpha value is -0.160. The smallest absolute Gasteiger partial charge is 0.0781 e. The second-order valence-corrected chi connectivity index (χ2v) is 3.19. The number of hydrogen-bond acceptors (Lipinski definition) is 4. The predicted molar refractivity (Wildman–Crippen MR) is 51.8 cm³/mol. The van der Waals surface area contributed by atoms with Gasteiger partial charge in [0.05, 0.1) is 32.5 Å². The Bertz CT molecular complexity index is 109. The molecule has 0 aromatic carbocycles. The van der Waals surface area contributed by atoms with Crippen molar-refractivity contribution in [2.75, 3.05) is 33.5 Å². The molecule has 0 aromatic heterocycles. The highest BCUT2D eigenvalue weighted by molar-refractivity contribution is 4.52. The fraction of sp³-hybridized carbons (Fsp3) is 1.00. The van der Waals surface area contributed by atoms with Gasteiger partial charge >= 0.3 is 0 Å². The lowest BCUT2D eigenvalue weighted by atomic mass is 10.4. The van der Waals surface area contributed by atoms with Crippen LogP contribution < -0.4 is 5.73 Å². The van der Waals surface area contributed by atoms with Crippen molar-refractivity contribution < 1.29 is 14.2 Å². The summed E-state index contributed by atoms with van der Waals surface area (Å²) < 4.78 is 15.5. The van der Waals surface area contributed by atoms with Crippen molar-refractivity contribution in [3.05, 3.63) is 0 Å². The van der Waals surface area contributed by atoms with Crippen molar-refractivity contribution in [1.82, 2.24) is 0 Å². The minimum atomic E-state index is 0.0891. The van der Waals surface area contributed by atoms with Crippen LogP contribution in [-0.4, -0.2) is 45.7 Å². The van der Waals surface area contributed by atoms with Gasteiger partial charge in [0.15, 0.2) is 0 Å². The number of nitrogens with two attached hydrogens (primary N) is 1. The van der Waals surface area contributed by atoms with E-state index in [0.717, 1.165) is 0 Å². The zero-order valence-corrected chi connectivity index (χ0v) is 8.79. The van der Waals surface area contributed by atoms with Crippen LogP contribution in [0.2, 0.25) is 0 Å². The van der Waals surface area contributed by atoms with E-state index < -0.39 is 0 Å². The fourth-order valence-electron chi connectivity index (χ4n) is 0.801. The summed E-state index contributed by atoms with van der Waals surface area (Å²) in [5.74, 6) is 0. The second-order valence-electron chi connectivity index (χ2n) is 3.19. The Kier molecular flexibility index (Phi) is 8.33. The Morgan fingerprint density at radius 2 is 1.85 bits per heavy atom. The first kappa shape index (κ1) is 12.8. The quantitative estimate of drug-likeness (QED) is 0.564. The summed E-state index contributed by atoms with van der Waals surface area (Å²) in [6, 6.07) is 0.0891. The van der Waals surface area contributed by atoms with Gasteiger partial charge in [0.2, 0.25) is 0 Å². The standard InChI is InChI=1S/C9H21NO3/c1-8(10)6-12-7-9(2)13-5-4-11-3/h8-9H,4-7,10H2,1-3H3. The van der Waals surface area contributed by atoms with Crippen LogP contribution in [0.5, 0.6) is 0 Å². The molecule has 0 saturated carbocycles. The monoisotopic (exact) mass is 191 g/mol. The molecule has 0 saturated heterocycles. The van der Waals surface area contributed by atoms with Crippen LogP contribution in [0.25, 0.3) is 0 Å². The van der Waals surface area contributed by atoms with Crippen molar-refractivity contribution >= 4 is 0 Å². The molecule has 0 amide bonds. The van der Waals surface area contributed by atoms with Crippen LogP contribution in [-0.2, 0) is 14.2 Å². The molecule has 4 nitrogen and oxygen atoms in total. The van der Waals surface area contributed by atoms with E-state index >= 15 is 0 Å². The molecule has 0 bridgehead atoms. The first-order valence-electron chi connectivity index (χ1n) is 4.60. The normalized spacial score (nSPS) is 15.7. The Balaban J connectivity index is 3.15. The van der Waals surface area contributed by atoms with Crippen LogP contribution in [0.1, 0.15) is 13.8 Å². The Labute approximate surface area is 80.3 Å². The molecule has 0 aliphatic heterocycles. The van der Waals surface area contributed by atoms with E-state index in [1.807, 2.05) is 13.8 Å². The Morgan fingerprint density at radius 1 is 1.15 bits per heavy atom. The predicted octanol–water partition coefficient (Wildman–Crippen LogP) is 0.402. The number of ether oxygens (including phenoxy) is 3. The molecule has 0 aromatic rings. The molecule has 80 valence electrons. The number of hydrogen-bond donors (Lipinski definition) is 1. The summed E-state index contributed by atoms with van der Waals surface area (Å²) >= 11 is 0. The van der Waals surface area contributed by atoms with E-state index in [2.05, 4.69) is 0 Å². The molecule has 0 aliphatic rings. The average molecular weight is 191 g/mol. The minimum absolute atomic E-state index is 0.0891. The molecule has 13 heavy (non-hydrogen) atoms. The molecule has 0 radical (unpaired) electrons. The molecule has 2 atom stereocenters. The molecular weight excluding hydrogens is 170 g/mol. The van der Waals surface area contributed by atoms with Gasteiger partial charge in [-0.15, -0.1) is 0 Å². The summed E-state index contributed by atoms with van der Waals surface area (Å²) in [7, 11) is 1.65. The van der Waals surface area contributed by atoms with Crippen molar-refractivity contribution in [3.8, 4) is 0 Å². The topological polar surface area (TPSA) is 53.7 Å². The first-order chi connectivity index (χ1) is 6.16. The van der Waals surface area contributed by atoms with Crippen LogP contribution in [0.4, 0.5) is 0 Å². The maximum Gasteiger partial charge on any atom is 0.0781 e. The van der Waals surface area contributed by atoms with Crippen molar-refractivity contribution in [3.63, 3.8) is 0 Å². The number of methoxy groups -OCH3 is 1. The van der Waals surface area contributed by atoms with Gasteiger partial charge in [0.1, 0.15) is 0 Å². The third-order valence-electron chi connectivity index (χ3n) is 1.42. The molecule has 0 fully saturated rings. The van der Waals surface area contributed by atoms with Crippen molar-refractivity contribution in [1.29, 1.82) is 0 Å². The highest BCUT2D eigenvalue weighted by Gasteiger charge is 2.02. The third kappa shape index (κ3) is 9.76. The van der Waals surface area contributed by atoms with Gasteiger partial charge in [-0.2, -0.15) is 0 Å². The summed E-state index contributed by atoms with van der Waals surface area (Å²) in [4.78, 5) is 0. The van der Waals surface area contributed by atoms with Crippen LogP contribution in [0.15, 0.2) is 0 Å². The molecule has 0 spiro atoms. The Morgan fingerprint density at radius 3 is 2.38 bits per heavy atom. The van der Waals surface area contributed by atoms with Gasteiger partial charge in [-0.1, -0.05) is 0 Å². The van der Waals surface area contributed by atoms with Gasteiger partial charge in [0.25, 0.3) is 0 Å². The number of rotatable bonds is 8. The third-order valence-corrected chi connectivity index (χ3v) is 1.42. The summed E-state index contributed by atoms with van der Waals surface area (Å²) in [5.41, 5.74) is 5.51. The molecule has 4 heteroatoms. The minimum Gasteiger partial charge on any atom is -0.382 e. The van der Waals surface area contributed by atoms with E-state index in [4.69, 9.17) is 19.9 Å². The molecular formula is C9H21NO3. The molecule has 0 rings (SSSR count). The zero-order chi connectivity index (χ0) is 10.1. The van der Waals surface area contributed by atoms with Gasteiger partial charge in [-0.3, -0.25) is 0 Å². The highest BCUT2D eigenvalue weighted by Crippen LogP contribution is 1.92. The van der Waals surface area contributed by atoms with Crippen molar-refractivity contribution in [2.45, 2.75) is 26.0 Å². The van der Waals surface area contributed by atoms with Gasteiger partial charge in [-0.25, -0.2) is 0 Å². The van der Waals surface area contributed by atoms with E-state index in [0.29, 0.717) is 26.4 Å². The van der Waals surface area contributed by atoms with Crippen LogP contribution in [0.3, 0.4) is 0 Å². The lowest BCUT2D eigenvalue weighted by Gasteiger charge is -2.14. The summed E-state index contributed by atoms with van der Waals surface area (Å²) in [6.07, 6.45) is 0.105. The van der Waals surface area contributed by atoms with Gasteiger partial charge < -0.3 is 19.9 Å². The SMILES string of the molecule is COCCOC(C)COCC(C)N. The molecule has 0 aliphatic carbocycles. The van der Waals surface area contributed by atoms with E-state index in [1.165, 1.54) is 0 Å². The average Bonchev–Trinajstić information content (AvgIpc) is 2.04.